The molecule has 94 valence electrons. The van der Waals surface area contributed by atoms with Crippen molar-refractivity contribution in [2.45, 2.75) is 45.2 Å². The maximum Gasteiger partial charge on any atom is 0.266 e. The molecule has 2 heterocycles. The molecule has 0 spiro atoms. The van der Waals surface area contributed by atoms with Crippen molar-refractivity contribution in [3.63, 3.8) is 0 Å². The van der Waals surface area contributed by atoms with Crippen molar-refractivity contribution < 1.29 is 0 Å². The summed E-state index contributed by atoms with van der Waals surface area (Å²) in [7, 11) is 0. The molecule has 4 nitrogen and oxygen atoms in total. The van der Waals surface area contributed by atoms with E-state index in [4.69, 9.17) is 0 Å². The van der Waals surface area contributed by atoms with Crippen LogP contribution in [-0.2, 0) is 6.54 Å². The molecule has 0 aliphatic carbocycles. The summed E-state index contributed by atoms with van der Waals surface area (Å²) in [6.07, 6.45) is 6.40. The second-order valence-corrected chi connectivity index (χ2v) is 5.71. The van der Waals surface area contributed by atoms with Crippen LogP contribution in [0.4, 0.5) is 0 Å². The molecule has 0 bridgehead atoms. The largest absolute Gasteiger partial charge is 0.314 e. The Morgan fingerprint density at radius 1 is 1.65 bits per heavy atom. The summed E-state index contributed by atoms with van der Waals surface area (Å²) < 4.78 is 2.49. The van der Waals surface area contributed by atoms with Crippen molar-refractivity contribution in [2.24, 2.45) is 0 Å². The number of aryl methyl sites for hydroxylation is 1. The fraction of sp³-hybridized carbons (Fsp3) is 0.667. The van der Waals surface area contributed by atoms with Gasteiger partial charge in [-0.3, -0.25) is 9.36 Å². The van der Waals surface area contributed by atoms with Crippen LogP contribution in [0.5, 0.6) is 0 Å². The molecule has 1 unspecified atom stereocenters. The predicted octanol–water partition coefficient (Wildman–Crippen LogP) is 1.69. The molecule has 1 aromatic heterocycles. The van der Waals surface area contributed by atoms with E-state index in [2.05, 4.69) is 10.3 Å². The fourth-order valence-electron chi connectivity index (χ4n) is 2.31. The quantitative estimate of drug-likeness (QED) is 0.844. The lowest BCUT2D eigenvalue weighted by atomic mass is 10.1. The fourth-order valence-corrected chi connectivity index (χ4v) is 2.74. The summed E-state index contributed by atoms with van der Waals surface area (Å²) >= 11 is 2.05. The first kappa shape index (κ1) is 13.0. The van der Waals surface area contributed by atoms with Gasteiger partial charge in [0, 0.05) is 18.8 Å². The van der Waals surface area contributed by atoms with E-state index in [9.17, 15) is 4.79 Å². The van der Waals surface area contributed by atoms with Crippen molar-refractivity contribution >= 4 is 22.6 Å². The highest BCUT2D eigenvalue weighted by Gasteiger charge is 2.13. The Balaban J connectivity index is 1.94. The number of aromatic nitrogens is 2. The highest BCUT2D eigenvalue weighted by atomic mass is 127. The number of halogens is 1. The van der Waals surface area contributed by atoms with E-state index in [-0.39, 0.29) is 5.56 Å². The van der Waals surface area contributed by atoms with E-state index in [1.54, 1.807) is 10.8 Å². The van der Waals surface area contributed by atoms with Gasteiger partial charge in [0.05, 0.1) is 3.57 Å². The predicted molar refractivity (Wildman–Crippen MR) is 76.2 cm³/mol. The minimum Gasteiger partial charge on any atom is -0.314 e. The van der Waals surface area contributed by atoms with Crippen molar-refractivity contribution in [2.75, 3.05) is 6.54 Å². The lowest BCUT2D eigenvalue weighted by Gasteiger charge is -2.12. The zero-order chi connectivity index (χ0) is 12.3. The standard InChI is InChI=1S/C12H18IN3O/c1-9-15-8-11(13)12(17)16(9)7-3-5-10-4-2-6-14-10/h8,10,14H,2-7H2,1H3. The Kier molecular flexibility index (Phi) is 4.55. The summed E-state index contributed by atoms with van der Waals surface area (Å²) in [5.74, 6) is 0.815. The van der Waals surface area contributed by atoms with Gasteiger partial charge in [-0.1, -0.05) is 0 Å². The smallest absolute Gasteiger partial charge is 0.266 e. The summed E-state index contributed by atoms with van der Waals surface area (Å²) in [5.41, 5.74) is 0.0949. The van der Waals surface area contributed by atoms with Crippen LogP contribution in [0.2, 0.25) is 0 Å². The SMILES string of the molecule is Cc1ncc(I)c(=O)n1CCCC1CCCN1. The molecule has 0 aromatic carbocycles. The lowest BCUT2D eigenvalue weighted by Crippen LogP contribution is -2.27. The third-order valence-electron chi connectivity index (χ3n) is 3.30. The van der Waals surface area contributed by atoms with Gasteiger partial charge in [0.1, 0.15) is 5.82 Å². The lowest BCUT2D eigenvalue weighted by molar-refractivity contribution is 0.489. The second kappa shape index (κ2) is 5.95. The molecule has 1 fully saturated rings. The zero-order valence-electron chi connectivity index (χ0n) is 10.1. The Labute approximate surface area is 115 Å². The first-order valence-corrected chi connectivity index (χ1v) is 7.21. The van der Waals surface area contributed by atoms with Crippen molar-refractivity contribution in [3.05, 3.63) is 25.9 Å². The zero-order valence-corrected chi connectivity index (χ0v) is 12.2. The molecule has 1 aromatic rings. The number of hydrogen-bond acceptors (Lipinski definition) is 3. The molecule has 0 amide bonds. The van der Waals surface area contributed by atoms with Crippen molar-refractivity contribution in [3.8, 4) is 0 Å². The van der Waals surface area contributed by atoms with E-state index in [0.29, 0.717) is 9.61 Å². The molecular formula is C12H18IN3O. The molecule has 1 aliphatic rings. The highest BCUT2D eigenvalue weighted by molar-refractivity contribution is 14.1. The first-order chi connectivity index (χ1) is 8.18. The van der Waals surface area contributed by atoms with Crippen LogP contribution in [0, 0.1) is 10.5 Å². The van der Waals surface area contributed by atoms with E-state index in [1.165, 1.54) is 12.8 Å². The topological polar surface area (TPSA) is 46.9 Å². The monoisotopic (exact) mass is 347 g/mol. The average molecular weight is 347 g/mol. The molecule has 1 saturated heterocycles. The highest BCUT2D eigenvalue weighted by Crippen LogP contribution is 2.11. The van der Waals surface area contributed by atoms with Gasteiger partial charge >= 0.3 is 0 Å². The van der Waals surface area contributed by atoms with Crippen LogP contribution in [0.15, 0.2) is 11.0 Å². The number of rotatable bonds is 4. The second-order valence-electron chi connectivity index (χ2n) is 4.55. The molecular weight excluding hydrogens is 329 g/mol. The van der Waals surface area contributed by atoms with E-state index in [1.807, 2.05) is 29.5 Å². The Hall–Kier alpha value is -0.430. The minimum atomic E-state index is 0.0949. The average Bonchev–Trinajstić information content (AvgIpc) is 2.81. The van der Waals surface area contributed by atoms with Gasteiger partial charge in [0.25, 0.3) is 5.56 Å². The van der Waals surface area contributed by atoms with Gasteiger partial charge in [-0.2, -0.15) is 0 Å². The van der Waals surface area contributed by atoms with Crippen LogP contribution in [0.3, 0.4) is 0 Å². The maximum atomic E-state index is 11.9. The van der Waals surface area contributed by atoms with Crippen molar-refractivity contribution in [1.82, 2.24) is 14.9 Å². The Morgan fingerprint density at radius 2 is 2.47 bits per heavy atom. The molecule has 0 saturated carbocycles. The maximum absolute atomic E-state index is 11.9. The third-order valence-corrected chi connectivity index (χ3v) is 4.04. The van der Waals surface area contributed by atoms with Crippen LogP contribution >= 0.6 is 22.6 Å². The van der Waals surface area contributed by atoms with Crippen LogP contribution in [-0.4, -0.2) is 22.1 Å². The number of nitrogens with zero attached hydrogens (tertiary/aromatic N) is 2. The molecule has 17 heavy (non-hydrogen) atoms. The van der Waals surface area contributed by atoms with Gasteiger partial charge in [-0.15, -0.1) is 0 Å². The van der Waals surface area contributed by atoms with Gasteiger partial charge in [0.15, 0.2) is 0 Å². The van der Waals surface area contributed by atoms with Gasteiger partial charge in [-0.25, -0.2) is 4.98 Å². The van der Waals surface area contributed by atoms with Crippen LogP contribution in [0.1, 0.15) is 31.5 Å². The van der Waals surface area contributed by atoms with Crippen molar-refractivity contribution in [1.29, 1.82) is 0 Å². The molecule has 5 heteroatoms. The van der Waals surface area contributed by atoms with Crippen LogP contribution < -0.4 is 10.9 Å². The normalized spacial score (nSPS) is 19.8. The Morgan fingerprint density at radius 3 is 3.18 bits per heavy atom. The van der Waals surface area contributed by atoms with Crippen LogP contribution in [0.25, 0.3) is 0 Å². The van der Waals surface area contributed by atoms with Gasteiger partial charge < -0.3 is 5.32 Å². The molecule has 0 radical (unpaired) electrons. The number of nitrogens with one attached hydrogen (secondary N) is 1. The summed E-state index contributed by atoms with van der Waals surface area (Å²) in [6.45, 7) is 3.83. The van der Waals surface area contributed by atoms with Gasteiger partial charge in [-0.05, 0) is 61.7 Å². The Bertz CT molecular complexity index is 438. The summed E-state index contributed by atoms with van der Waals surface area (Å²) in [5, 5.41) is 3.48. The summed E-state index contributed by atoms with van der Waals surface area (Å²) in [6, 6.07) is 0.654. The van der Waals surface area contributed by atoms with Gasteiger partial charge in [0.2, 0.25) is 0 Å². The van der Waals surface area contributed by atoms with E-state index >= 15 is 0 Å². The molecule has 2 rings (SSSR count). The molecule has 1 N–H and O–H groups in total. The third kappa shape index (κ3) is 3.28. The van der Waals surface area contributed by atoms with E-state index in [0.717, 1.165) is 31.8 Å². The summed E-state index contributed by atoms with van der Waals surface area (Å²) in [4.78, 5) is 16.1. The van der Waals surface area contributed by atoms with E-state index < -0.39 is 0 Å². The number of hydrogen-bond donors (Lipinski definition) is 1. The molecule has 1 atom stereocenters. The first-order valence-electron chi connectivity index (χ1n) is 6.14. The minimum absolute atomic E-state index is 0.0949. The molecule has 1 aliphatic heterocycles.